The summed E-state index contributed by atoms with van der Waals surface area (Å²) in [7, 11) is 0. The molecule has 0 saturated heterocycles. The highest BCUT2D eigenvalue weighted by molar-refractivity contribution is 6.05. The molecule has 220 valence electrons. The van der Waals surface area contributed by atoms with E-state index in [1.54, 1.807) is 0 Å². The monoisotopic (exact) mass is 563 g/mol. The van der Waals surface area contributed by atoms with Crippen LogP contribution in [0.2, 0.25) is 0 Å². The first kappa shape index (κ1) is 30.3. The van der Waals surface area contributed by atoms with Crippen molar-refractivity contribution in [2.24, 2.45) is 0 Å². The second-order valence-electron chi connectivity index (χ2n) is 10.9. The number of Topliss-reactive ketones (excluding diaryl/α,β-unsaturated/α-hetero) is 1. The number of anilines is 1. The van der Waals surface area contributed by atoms with Gasteiger partial charge in [0.15, 0.2) is 11.5 Å². The van der Waals surface area contributed by atoms with E-state index >= 15 is 0 Å². The maximum Gasteiger partial charge on any atom is 0.273 e. The molecule has 0 atom stereocenters. The third-order valence-corrected chi connectivity index (χ3v) is 7.86. The van der Waals surface area contributed by atoms with Gasteiger partial charge in [-0.05, 0) is 56.6 Å². The van der Waals surface area contributed by atoms with Crippen LogP contribution in [0.15, 0.2) is 36.7 Å². The van der Waals surface area contributed by atoms with Crippen LogP contribution in [0.1, 0.15) is 92.7 Å². The SMILES string of the molecule is CCOCCCC(=O)CCCC(=O)NC1(C(=O)Nc2nccnc2C(=O)NC2Cc3ccccc3C2)CCCCC1. The lowest BCUT2D eigenvalue weighted by Crippen LogP contribution is -2.58. The quantitative estimate of drug-likeness (QED) is 0.298. The minimum Gasteiger partial charge on any atom is -0.382 e. The number of ketones is 1. The Bertz CT molecular complexity index is 1200. The minimum atomic E-state index is -1.10. The summed E-state index contributed by atoms with van der Waals surface area (Å²) in [5.41, 5.74) is 1.37. The Kier molecular flexibility index (Phi) is 11.0. The molecule has 10 heteroatoms. The molecule has 1 aromatic carbocycles. The Morgan fingerprint density at radius 1 is 0.927 bits per heavy atom. The van der Waals surface area contributed by atoms with Gasteiger partial charge >= 0.3 is 0 Å². The van der Waals surface area contributed by atoms with Gasteiger partial charge in [0.1, 0.15) is 11.3 Å². The van der Waals surface area contributed by atoms with Crippen molar-refractivity contribution < 1.29 is 23.9 Å². The molecule has 0 radical (unpaired) electrons. The highest BCUT2D eigenvalue weighted by Crippen LogP contribution is 2.30. The normalized spacial score (nSPS) is 16.0. The summed E-state index contributed by atoms with van der Waals surface area (Å²) in [4.78, 5) is 60.3. The first-order valence-electron chi connectivity index (χ1n) is 14.8. The molecule has 0 bridgehead atoms. The number of rotatable bonds is 14. The van der Waals surface area contributed by atoms with Gasteiger partial charge < -0.3 is 20.7 Å². The average Bonchev–Trinajstić information content (AvgIpc) is 3.38. The maximum atomic E-state index is 13.7. The summed E-state index contributed by atoms with van der Waals surface area (Å²) in [6.07, 6.45) is 9.89. The van der Waals surface area contributed by atoms with Gasteiger partial charge in [0.05, 0.1) is 0 Å². The Balaban J connectivity index is 1.34. The van der Waals surface area contributed by atoms with E-state index in [4.69, 9.17) is 4.74 Å². The zero-order valence-electron chi connectivity index (χ0n) is 23.9. The van der Waals surface area contributed by atoms with Crippen LogP contribution in [0, 0.1) is 0 Å². The smallest absolute Gasteiger partial charge is 0.273 e. The van der Waals surface area contributed by atoms with Crippen molar-refractivity contribution in [2.45, 2.75) is 95.6 Å². The van der Waals surface area contributed by atoms with Crippen molar-refractivity contribution in [1.82, 2.24) is 20.6 Å². The highest BCUT2D eigenvalue weighted by atomic mass is 16.5. The van der Waals surface area contributed by atoms with Gasteiger partial charge in [0, 0.05) is 50.9 Å². The van der Waals surface area contributed by atoms with E-state index in [2.05, 4.69) is 38.1 Å². The van der Waals surface area contributed by atoms with Crippen LogP contribution >= 0.6 is 0 Å². The Labute approximate surface area is 241 Å². The summed E-state index contributed by atoms with van der Waals surface area (Å²) in [6.45, 7) is 3.11. The minimum absolute atomic E-state index is 0.0388. The largest absolute Gasteiger partial charge is 0.382 e. The van der Waals surface area contributed by atoms with E-state index in [9.17, 15) is 19.2 Å². The molecule has 3 N–H and O–H groups in total. The van der Waals surface area contributed by atoms with Gasteiger partial charge in [-0.2, -0.15) is 0 Å². The number of hydrogen-bond donors (Lipinski definition) is 3. The highest BCUT2D eigenvalue weighted by Gasteiger charge is 2.41. The molecule has 0 spiro atoms. The van der Waals surface area contributed by atoms with E-state index in [0.29, 0.717) is 51.7 Å². The van der Waals surface area contributed by atoms with Crippen LogP contribution in [0.5, 0.6) is 0 Å². The molecule has 4 rings (SSSR count). The third-order valence-electron chi connectivity index (χ3n) is 7.86. The number of benzene rings is 1. The molecule has 1 saturated carbocycles. The fourth-order valence-electron chi connectivity index (χ4n) is 5.72. The molecule has 0 aliphatic heterocycles. The Hall–Kier alpha value is -3.66. The zero-order valence-corrected chi connectivity index (χ0v) is 23.9. The van der Waals surface area contributed by atoms with Crippen molar-refractivity contribution in [2.75, 3.05) is 18.5 Å². The molecule has 1 heterocycles. The molecule has 10 nitrogen and oxygen atoms in total. The summed E-state index contributed by atoms with van der Waals surface area (Å²) < 4.78 is 5.26. The number of fused-ring (bicyclic) bond motifs is 1. The summed E-state index contributed by atoms with van der Waals surface area (Å²) >= 11 is 0. The fraction of sp³-hybridized carbons (Fsp3) is 0.548. The predicted octanol–water partition coefficient (Wildman–Crippen LogP) is 3.69. The lowest BCUT2D eigenvalue weighted by Gasteiger charge is -2.36. The van der Waals surface area contributed by atoms with E-state index < -0.39 is 17.4 Å². The van der Waals surface area contributed by atoms with Gasteiger partial charge in [-0.3, -0.25) is 19.2 Å². The molecule has 1 aromatic heterocycles. The Morgan fingerprint density at radius 3 is 2.32 bits per heavy atom. The second-order valence-corrected chi connectivity index (χ2v) is 10.9. The first-order chi connectivity index (χ1) is 19.9. The number of carbonyl (C=O) groups excluding carboxylic acids is 4. The molecule has 1 fully saturated rings. The molecular formula is C31H41N5O5. The van der Waals surface area contributed by atoms with E-state index in [-0.39, 0.29) is 35.7 Å². The summed E-state index contributed by atoms with van der Waals surface area (Å²) in [6, 6.07) is 8.05. The van der Waals surface area contributed by atoms with Crippen molar-refractivity contribution in [1.29, 1.82) is 0 Å². The van der Waals surface area contributed by atoms with E-state index in [1.165, 1.54) is 23.5 Å². The average molecular weight is 564 g/mol. The van der Waals surface area contributed by atoms with Crippen molar-refractivity contribution in [3.63, 3.8) is 0 Å². The third kappa shape index (κ3) is 8.42. The van der Waals surface area contributed by atoms with E-state index in [1.807, 2.05) is 19.1 Å². The van der Waals surface area contributed by atoms with Crippen LogP contribution in [-0.4, -0.2) is 58.3 Å². The van der Waals surface area contributed by atoms with Crippen LogP contribution < -0.4 is 16.0 Å². The number of carbonyl (C=O) groups is 4. The lowest BCUT2D eigenvalue weighted by molar-refractivity contribution is -0.132. The molecular weight excluding hydrogens is 522 g/mol. The summed E-state index contributed by atoms with van der Waals surface area (Å²) in [5, 5.41) is 8.81. The molecule has 3 amide bonds. The van der Waals surface area contributed by atoms with Gasteiger partial charge in [0.2, 0.25) is 5.91 Å². The van der Waals surface area contributed by atoms with Crippen molar-refractivity contribution in [3.8, 4) is 0 Å². The van der Waals surface area contributed by atoms with Crippen molar-refractivity contribution >= 4 is 29.3 Å². The fourth-order valence-corrected chi connectivity index (χ4v) is 5.72. The molecule has 41 heavy (non-hydrogen) atoms. The number of nitrogens with zero attached hydrogens (tertiary/aromatic N) is 2. The molecule has 2 aromatic rings. The van der Waals surface area contributed by atoms with Crippen LogP contribution in [0.25, 0.3) is 0 Å². The number of ether oxygens (including phenoxy) is 1. The number of nitrogens with one attached hydrogen (secondary N) is 3. The van der Waals surface area contributed by atoms with Gasteiger partial charge in [-0.15, -0.1) is 0 Å². The zero-order chi connectivity index (χ0) is 29.1. The molecule has 0 unspecified atom stereocenters. The second kappa shape index (κ2) is 14.8. The van der Waals surface area contributed by atoms with Crippen LogP contribution in [-0.2, 0) is 32.0 Å². The maximum absolute atomic E-state index is 13.7. The first-order valence-corrected chi connectivity index (χ1v) is 14.8. The molecule has 2 aliphatic carbocycles. The molecule has 2 aliphatic rings. The van der Waals surface area contributed by atoms with E-state index in [0.717, 1.165) is 32.1 Å². The summed E-state index contributed by atoms with van der Waals surface area (Å²) in [5.74, 6) is -0.888. The topological polar surface area (TPSA) is 139 Å². The number of amides is 3. The number of aromatic nitrogens is 2. The van der Waals surface area contributed by atoms with Gasteiger partial charge in [-0.1, -0.05) is 43.5 Å². The van der Waals surface area contributed by atoms with Gasteiger partial charge in [-0.25, -0.2) is 9.97 Å². The van der Waals surface area contributed by atoms with Crippen molar-refractivity contribution in [3.05, 3.63) is 53.5 Å². The van der Waals surface area contributed by atoms with Gasteiger partial charge in [0.25, 0.3) is 11.8 Å². The number of hydrogen-bond acceptors (Lipinski definition) is 7. The van der Waals surface area contributed by atoms with Crippen LogP contribution in [0.4, 0.5) is 5.82 Å². The lowest BCUT2D eigenvalue weighted by atomic mass is 9.80. The Morgan fingerprint density at radius 2 is 1.61 bits per heavy atom. The standard InChI is InChI=1S/C31H41N5O5/c1-2-41-19-9-13-25(37)12-8-14-26(38)36-31(15-6-3-7-16-31)30(40)35-28-27(32-17-18-33-28)29(39)34-24-20-22-10-4-5-11-23(22)21-24/h4-5,10-11,17-18,24H,2-3,6-9,12-16,19-21H2,1H3,(H,34,39)(H,36,38)(H,33,35,40). The van der Waals surface area contributed by atoms with Crippen LogP contribution in [0.3, 0.4) is 0 Å². The predicted molar refractivity (Wildman–Crippen MR) is 154 cm³/mol.